The van der Waals surface area contributed by atoms with Crippen molar-refractivity contribution in [3.8, 4) is 5.75 Å². The highest BCUT2D eigenvalue weighted by atomic mass is 19.4. The number of hydrogen-bond donors (Lipinski definition) is 0. The first kappa shape index (κ1) is 36.8. The van der Waals surface area contributed by atoms with Crippen LogP contribution in [0, 0.1) is 0 Å². The van der Waals surface area contributed by atoms with E-state index in [-0.39, 0.29) is 31.8 Å². The number of carbonyl (C=O) groups is 1. The van der Waals surface area contributed by atoms with Gasteiger partial charge in [0.2, 0.25) is 0 Å². The number of rotatable bonds is 18. The zero-order chi connectivity index (χ0) is 32.9. The zero-order valence-corrected chi connectivity index (χ0v) is 27.0. The highest BCUT2D eigenvalue weighted by molar-refractivity contribution is 5.79. The summed E-state index contributed by atoms with van der Waals surface area (Å²) in [6, 6.07) is 5.73. The van der Waals surface area contributed by atoms with Crippen molar-refractivity contribution in [2.24, 2.45) is 0 Å². The quantitative estimate of drug-likeness (QED) is 0.104. The van der Waals surface area contributed by atoms with Crippen LogP contribution in [0.2, 0.25) is 0 Å². The molecule has 0 spiro atoms. The van der Waals surface area contributed by atoms with Gasteiger partial charge in [0.05, 0.1) is 6.61 Å². The summed E-state index contributed by atoms with van der Waals surface area (Å²) < 4.78 is 51.7. The minimum absolute atomic E-state index is 0.206. The molecule has 0 atom stereocenters. The second kappa shape index (κ2) is 17.2. The van der Waals surface area contributed by atoms with Gasteiger partial charge < -0.3 is 9.47 Å². The molecule has 0 saturated carbocycles. The van der Waals surface area contributed by atoms with Gasteiger partial charge in [0.1, 0.15) is 11.4 Å². The van der Waals surface area contributed by atoms with Crippen molar-refractivity contribution in [3.63, 3.8) is 0 Å². The first-order valence-electron chi connectivity index (χ1n) is 15.6. The van der Waals surface area contributed by atoms with Gasteiger partial charge >= 0.3 is 17.8 Å². The fraction of sp³-hybridized carbons (Fsp3) is 0.636. The van der Waals surface area contributed by atoms with Crippen LogP contribution in [0.3, 0.4) is 0 Å². The summed E-state index contributed by atoms with van der Waals surface area (Å²) >= 11 is 0. The Morgan fingerprint density at radius 1 is 0.977 bits per heavy atom. The maximum Gasteiger partial charge on any atom is 0.389 e. The lowest BCUT2D eigenvalue weighted by molar-refractivity contribution is -0.158. The molecule has 8 nitrogen and oxygen atoms in total. The number of nitrogens with zero attached hydrogens (tertiary/aromatic N) is 3. The summed E-state index contributed by atoms with van der Waals surface area (Å²) in [7, 11) is 0. The fourth-order valence-corrected chi connectivity index (χ4v) is 4.69. The maximum absolute atomic E-state index is 13.1. The minimum atomic E-state index is -4.36. The normalized spacial score (nSPS) is 11.8. The van der Waals surface area contributed by atoms with Crippen LogP contribution in [-0.4, -0.2) is 38.7 Å². The third-order valence-electron chi connectivity index (χ3n) is 7.12. The van der Waals surface area contributed by atoms with Crippen LogP contribution in [0.25, 0.3) is 0 Å². The number of ether oxygens (including phenoxy) is 2. The number of benzene rings is 1. The van der Waals surface area contributed by atoms with Gasteiger partial charge in [-0.25, -0.2) is 14.3 Å². The van der Waals surface area contributed by atoms with Crippen molar-refractivity contribution in [3.05, 3.63) is 67.5 Å². The lowest BCUT2D eigenvalue weighted by Gasteiger charge is -2.25. The molecule has 1 heterocycles. The van der Waals surface area contributed by atoms with E-state index < -0.39 is 35.4 Å². The Labute approximate surface area is 258 Å². The molecule has 0 radical (unpaired) electrons. The molecule has 246 valence electrons. The number of hydrogen-bond acceptors (Lipinski definition) is 6. The summed E-state index contributed by atoms with van der Waals surface area (Å²) in [5, 5.41) is 4.35. The molecule has 0 saturated heterocycles. The number of halogens is 3. The van der Waals surface area contributed by atoms with Gasteiger partial charge in [0.15, 0.2) is 5.60 Å². The number of aromatic nitrogens is 3. The van der Waals surface area contributed by atoms with Crippen LogP contribution in [0.1, 0.15) is 103 Å². The molecule has 0 amide bonds. The molecule has 2 aromatic rings. The summed E-state index contributed by atoms with van der Waals surface area (Å²) in [6.07, 6.45) is 1.96. The van der Waals surface area contributed by atoms with Crippen LogP contribution in [0.15, 0.2) is 39.4 Å². The zero-order valence-electron chi connectivity index (χ0n) is 27.0. The second-order valence-electron chi connectivity index (χ2n) is 11.8. The van der Waals surface area contributed by atoms with E-state index in [1.54, 1.807) is 20.8 Å². The molecule has 0 fully saturated rings. The minimum Gasteiger partial charge on any atom is -0.476 e. The standard InChI is InChI=1S/C33H48F3N3O5/c1-7-9-10-11-15-27-29(40)38(21-13-20-33(34,35)36)31(42)39(37-27)22-12-14-25-17-19-28(26(23-25)18-16-24(3)4)44-32(5,6)30(41)43-8-2/h16-17,19,23H,7-15,18,20-22H2,1-6H3. The molecule has 0 N–H and O–H groups in total. The Morgan fingerprint density at radius 3 is 2.34 bits per heavy atom. The van der Waals surface area contributed by atoms with E-state index in [1.165, 1.54) is 4.68 Å². The molecule has 0 aliphatic heterocycles. The summed E-state index contributed by atoms with van der Waals surface area (Å²) in [5.74, 6) is 0.112. The second-order valence-corrected chi connectivity index (χ2v) is 11.8. The number of unbranched alkanes of at least 4 members (excludes halogenated alkanes) is 3. The summed E-state index contributed by atoms with van der Waals surface area (Å²) in [4.78, 5) is 38.5. The maximum atomic E-state index is 13.1. The molecule has 0 aliphatic carbocycles. The lowest BCUT2D eigenvalue weighted by atomic mass is 10.0. The van der Waals surface area contributed by atoms with Crippen LogP contribution in [0.5, 0.6) is 5.75 Å². The summed E-state index contributed by atoms with van der Waals surface area (Å²) in [6.45, 7) is 11.3. The Morgan fingerprint density at radius 2 is 1.70 bits per heavy atom. The highest BCUT2D eigenvalue weighted by Crippen LogP contribution is 2.27. The molecular weight excluding hydrogens is 575 g/mol. The predicted molar refractivity (Wildman–Crippen MR) is 165 cm³/mol. The predicted octanol–water partition coefficient (Wildman–Crippen LogP) is 6.73. The fourth-order valence-electron chi connectivity index (χ4n) is 4.69. The molecule has 0 unspecified atom stereocenters. The van der Waals surface area contributed by atoms with Crippen LogP contribution < -0.4 is 16.0 Å². The molecule has 1 aromatic heterocycles. The van der Waals surface area contributed by atoms with Crippen LogP contribution in [0.4, 0.5) is 13.2 Å². The lowest BCUT2D eigenvalue weighted by Crippen LogP contribution is -2.43. The van der Waals surface area contributed by atoms with E-state index in [0.717, 1.165) is 40.5 Å². The van der Waals surface area contributed by atoms with Crippen LogP contribution in [-0.2, 0) is 41.9 Å². The van der Waals surface area contributed by atoms with Crippen molar-refractivity contribution in [1.82, 2.24) is 14.3 Å². The number of allylic oxidation sites excluding steroid dienone is 2. The first-order chi connectivity index (χ1) is 20.7. The van der Waals surface area contributed by atoms with Crippen molar-refractivity contribution in [2.45, 2.75) is 131 Å². The topological polar surface area (TPSA) is 92.4 Å². The SMILES string of the molecule is CCCCCCc1nn(CCCc2ccc(OC(C)(C)C(=O)OCC)c(CC=C(C)C)c2)c(=O)n(CCCC(F)(F)F)c1=O. The van der Waals surface area contributed by atoms with Gasteiger partial charge in [-0.15, -0.1) is 0 Å². The number of carbonyl (C=O) groups excluding carboxylic acids is 1. The molecule has 0 aliphatic rings. The van der Waals surface area contributed by atoms with E-state index >= 15 is 0 Å². The highest BCUT2D eigenvalue weighted by Gasteiger charge is 2.32. The van der Waals surface area contributed by atoms with E-state index in [0.29, 0.717) is 37.9 Å². The van der Waals surface area contributed by atoms with Crippen molar-refractivity contribution >= 4 is 5.97 Å². The third-order valence-corrected chi connectivity index (χ3v) is 7.12. The van der Waals surface area contributed by atoms with Gasteiger partial charge in [0, 0.05) is 19.5 Å². The largest absolute Gasteiger partial charge is 0.476 e. The molecule has 0 bridgehead atoms. The molecule has 1 aromatic carbocycles. The van der Waals surface area contributed by atoms with E-state index in [4.69, 9.17) is 9.47 Å². The Balaban J connectivity index is 2.28. The number of esters is 1. The Bertz CT molecular complexity index is 1370. The average molecular weight is 624 g/mol. The molecule has 2 rings (SSSR count). The van der Waals surface area contributed by atoms with Crippen molar-refractivity contribution < 1.29 is 27.4 Å². The van der Waals surface area contributed by atoms with Gasteiger partial charge in [-0.3, -0.25) is 9.36 Å². The molecule has 44 heavy (non-hydrogen) atoms. The monoisotopic (exact) mass is 623 g/mol. The first-order valence-corrected chi connectivity index (χ1v) is 15.6. The average Bonchev–Trinajstić information content (AvgIpc) is 2.94. The van der Waals surface area contributed by atoms with Gasteiger partial charge in [-0.05, 0) is 90.3 Å². The summed E-state index contributed by atoms with van der Waals surface area (Å²) in [5.41, 5.74) is 0.744. The number of alkyl halides is 3. The molecular formula is C33H48F3N3O5. The van der Waals surface area contributed by atoms with Gasteiger partial charge in [-0.1, -0.05) is 50.0 Å². The van der Waals surface area contributed by atoms with Crippen LogP contribution >= 0.6 is 0 Å². The Kier molecular flexibility index (Phi) is 14.4. The van der Waals surface area contributed by atoms with E-state index in [9.17, 15) is 27.6 Å². The van der Waals surface area contributed by atoms with E-state index in [1.807, 2.05) is 32.0 Å². The van der Waals surface area contributed by atoms with E-state index in [2.05, 4.69) is 18.1 Å². The molecule has 11 heteroatoms. The smallest absolute Gasteiger partial charge is 0.389 e. The van der Waals surface area contributed by atoms with Crippen molar-refractivity contribution in [2.75, 3.05) is 6.61 Å². The third kappa shape index (κ3) is 12.0. The van der Waals surface area contributed by atoms with Gasteiger partial charge in [0.25, 0.3) is 5.56 Å². The van der Waals surface area contributed by atoms with Gasteiger partial charge in [-0.2, -0.15) is 18.3 Å². The Hall–Kier alpha value is -3.37. The number of aryl methyl sites for hydroxylation is 3. The van der Waals surface area contributed by atoms with Crippen molar-refractivity contribution in [1.29, 1.82) is 0 Å².